The Morgan fingerprint density at radius 2 is 1.86 bits per heavy atom. The first kappa shape index (κ1) is 17.6. The average molecular weight is 404 g/mol. The molecule has 1 saturated heterocycles. The number of anilines is 1. The van der Waals surface area contributed by atoms with Crippen LogP contribution in [-0.2, 0) is 5.75 Å². The third-order valence-electron chi connectivity index (χ3n) is 4.80. The predicted molar refractivity (Wildman–Crippen MR) is 103 cm³/mol. The van der Waals surface area contributed by atoms with E-state index in [-0.39, 0.29) is 11.5 Å². The van der Waals surface area contributed by atoms with Gasteiger partial charge in [0, 0.05) is 49.8 Å². The van der Waals surface area contributed by atoms with E-state index in [1.165, 1.54) is 23.4 Å². The van der Waals surface area contributed by atoms with Crippen molar-refractivity contribution in [3.8, 4) is 11.5 Å². The number of benzene rings is 2. The van der Waals surface area contributed by atoms with Crippen LogP contribution in [-0.4, -0.2) is 42.4 Å². The van der Waals surface area contributed by atoms with Crippen molar-refractivity contribution in [2.75, 3.05) is 31.1 Å². The van der Waals surface area contributed by atoms with Crippen LogP contribution in [0.2, 0.25) is 0 Å². The summed E-state index contributed by atoms with van der Waals surface area (Å²) >= 11 is 1.58. The molecule has 146 valence electrons. The number of para-hydroxylation sites is 1. The van der Waals surface area contributed by atoms with Crippen LogP contribution < -0.4 is 19.7 Å². The van der Waals surface area contributed by atoms with Crippen LogP contribution in [0.5, 0.6) is 11.5 Å². The third-order valence-corrected chi connectivity index (χ3v) is 5.72. The van der Waals surface area contributed by atoms with Crippen molar-refractivity contribution < 1.29 is 18.3 Å². The van der Waals surface area contributed by atoms with E-state index in [2.05, 4.69) is 47.9 Å². The van der Waals surface area contributed by atoms with E-state index < -0.39 is 6.29 Å². The van der Waals surface area contributed by atoms with Gasteiger partial charge in [0.25, 0.3) is 0 Å². The summed E-state index contributed by atoms with van der Waals surface area (Å²) < 4.78 is 35.4. The first-order valence-corrected chi connectivity index (χ1v) is 10.0. The topological polar surface area (TPSA) is 62.4 Å². The molecular formula is C19H18F2N4O2S. The number of ether oxygens (including phenoxy) is 2. The van der Waals surface area contributed by atoms with Crippen molar-refractivity contribution in [3.63, 3.8) is 0 Å². The molecule has 2 aliphatic heterocycles. The van der Waals surface area contributed by atoms with E-state index in [0.717, 1.165) is 37.1 Å². The number of thioether (sulfide) groups is 1. The molecule has 2 aromatic carbocycles. The number of aromatic nitrogens is 2. The minimum atomic E-state index is -3.62. The highest BCUT2D eigenvalue weighted by atomic mass is 32.2. The largest absolute Gasteiger partial charge is 0.586 e. The fourth-order valence-corrected chi connectivity index (χ4v) is 4.37. The maximum Gasteiger partial charge on any atom is 0.586 e. The molecule has 3 heterocycles. The molecule has 0 unspecified atom stereocenters. The average Bonchev–Trinajstić information content (AvgIpc) is 3.22. The first-order chi connectivity index (χ1) is 13.6. The van der Waals surface area contributed by atoms with E-state index >= 15 is 0 Å². The molecule has 3 aromatic rings. The Kier molecular flexibility index (Phi) is 4.28. The van der Waals surface area contributed by atoms with Crippen LogP contribution in [0.15, 0.2) is 41.6 Å². The van der Waals surface area contributed by atoms with Gasteiger partial charge in [-0.1, -0.05) is 30.0 Å². The predicted octanol–water partition coefficient (Wildman–Crippen LogP) is 3.59. The van der Waals surface area contributed by atoms with Gasteiger partial charge in [0.1, 0.15) is 0 Å². The number of nitrogens with one attached hydrogen (secondary N) is 2. The Hall–Kier alpha value is -2.52. The highest BCUT2D eigenvalue weighted by Crippen LogP contribution is 2.43. The lowest BCUT2D eigenvalue weighted by atomic mass is 10.1. The monoisotopic (exact) mass is 404 g/mol. The molecule has 28 heavy (non-hydrogen) atoms. The molecule has 2 aliphatic rings. The zero-order valence-corrected chi connectivity index (χ0v) is 15.7. The number of nitrogens with zero attached hydrogens (tertiary/aromatic N) is 2. The van der Waals surface area contributed by atoms with E-state index in [9.17, 15) is 8.78 Å². The molecule has 1 aromatic heterocycles. The lowest BCUT2D eigenvalue weighted by Crippen LogP contribution is -2.43. The van der Waals surface area contributed by atoms with Crippen molar-refractivity contribution >= 4 is 28.5 Å². The lowest BCUT2D eigenvalue weighted by Gasteiger charge is -2.31. The summed E-state index contributed by atoms with van der Waals surface area (Å²) in [5, 5.41) is 4.09. The van der Waals surface area contributed by atoms with Crippen LogP contribution in [0.25, 0.3) is 11.0 Å². The molecule has 5 rings (SSSR count). The van der Waals surface area contributed by atoms with Gasteiger partial charge in [-0.2, -0.15) is 0 Å². The second-order valence-corrected chi connectivity index (χ2v) is 7.64. The van der Waals surface area contributed by atoms with Gasteiger partial charge in [-0.05, 0) is 11.6 Å². The number of aromatic amines is 1. The molecule has 0 bridgehead atoms. The molecule has 0 amide bonds. The summed E-state index contributed by atoms with van der Waals surface area (Å²) in [5.74, 6) is 0.774. The van der Waals surface area contributed by atoms with Gasteiger partial charge in [-0.3, -0.25) is 0 Å². The van der Waals surface area contributed by atoms with E-state index in [1.54, 1.807) is 11.8 Å². The van der Waals surface area contributed by atoms with Gasteiger partial charge in [-0.15, -0.1) is 8.78 Å². The Labute approximate surface area is 164 Å². The van der Waals surface area contributed by atoms with Gasteiger partial charge in [-0.25, -0.2) is 4.98 Å². The van der Waals surface area contributed by atoms with Crippen molar-refractivity contribution in [1.82, 2.24) is 15.3 Å². The van der Waals surface area contributed by atoms with E-state index in [1.807, 2.05) is 6.07 Å². The smallest absolute Gasteiger partial charge is 0.395 e. The van der Waals surface area contributed by atoms with Gasteiger partial charge in [0.05, 0.1) is 11.0 Å². The summed E-state index contributed by atoms with van der Waals surface area (Å²) in [6, 6.07) is 11.4. The van der Waals surface area contributed by atoms with Crippen molar-refractivity contribution in [3.05, 3.63) is 42.0 Å². The fraction of sp³-hybridized carbons (Fsp3) is 0.316. The molecule has 2 N–H and O–H groups in total. The zero-order valence-electron chi connectivity index (χ0n) is 14.9. The standard InChI is InChI=1S/C19H18F2N4O2S/c20-19(21)26-16-9-13-14(10-17(16)27-19)24-18(23-13)28-11-12-3-1-2-4-15(12)25-7-5-22-6-8-25/h1-4,9-10,22H,5-8,11H2,(H,23,24). The molecular weight excluding hydrogens is 386 g/mol. The van der Waals surface area contributed by atoms with Crippen molar-refractivity contribution in [1.29, 1.82) is 0 Å². The zero-order chi connectivity index (χ0) is 19.1. The van der Waals surface area contributed by atoms with Crippen molar-refractivity contribution in [2.24, 2.45) is 0 Å². The maximum absolute atomic E-state index is 13.2. The van der Waals surface area contributed by atoms with E-state index in [0.29, 0.717) is 11.0 Å². The summed E-state index contributed by atoms with van der Waals surface area (Å²) in [5.41, 5.74) is 3.69. The number of rotatable bonds is 4. The molecule has 0 aliphatic carbocycles. The quantitative estimate of drug-likeness (QED) is 0.648. The Morgan fingerprint density at radius 1 is 1.11 bits per heavy atom. The summed E-state index contributed by atoms with van der Waals surface area (Å²) in [6.45, 7) is 3.95. The Morgan fingerprint density at radius 3 is 2.68 bits per heavy atom. The molecule has 6 nitrogen and oxygen atoms in total. The number of hydrogen-bond donors (Lipinski definition) is 2. The van der Waals surface area contributed by atoms with E-state index in [4.69, 9.17) is 0 Å². The molecule has 0 spiro atoms. The van der Waals surface area contributed by atoms with Gasteiger partial charge < -0.3 is 24.7 Å². The van der Waals surface area contributed by atoms with Crippen LogP contribution in [0.3, 0.4) is 0 Å². The highest BCUT2D eigenvalue weighted by molar-refractivity contribution is 7.98. The van der Waals surface area contributed by atoms with Crippen LogP contribution in [0.1, 0.15) is 5.56 Å². The SMILES string of the molecule is FC1(F)Oc2cc3nc(SCc4ccccc4N4CCNCC4)[nH]c3cc2O1. The Balaban J connectivity index is 1.35. The molecule has 0 radical (unpaired) electrons. The highest BCUT2D eigenvalue weighted by Gasteiger charge is 2.43. The summed E-state index contributed by atoms with van der Waals surface area (Å²) in [4.78, 5) is 10.1. The molecule has 9 heteroatoms. The number of halogens is 2. The number of piperazine rings is 1. The minimum absolute atomic E-state index is 0.00426. The Bertz CT molecular complexity index is 975. The normalized spacial score (nSPS) is 18.0. The number of alkyl halides is 2. The number of imidazole rings is 1. The lowest BCUT2D eigenvalue weighted by molar-refractivity contribution is -0.286. The second-order valence-electron chi connectivity index (χ2n) is 6.68. The van der Waals surface area contributed by atoms with Gasteiger partial charge in [0.2, 0.25) is 0 Å². The third kappa shape index (κ3) is 3.35. The molecule has 1 fully saturated rings. The minimum Gasteiger partial charge on any atom is -0.395 e. The van der Waals surface area contributed by atoms with Crippen LogP contribution in [0, 0.1) is 0 Å². The first-order valence-electron chi connectivity index (χ1n) is 9.03. The number of fused-ring (bicyclic) bond motifs is 2. The number of H-pyrrole nitrogens is 1. The van der Waals surface area contributed by atoms with Gasteiger partial charge in [0.15, 0.2) is 16.7 Å². The number of hydrogen-bond acceptors (Lipinski definition) is 6. The summed E-state index contributed by atoms with van der Waals surface area (Å²) in [7, 11) is 0. The summed E-state index contributed by atoms with van der Waals surface area (Å²) in [6.07, 6.45) is -3.62. The maximum atomic E-state index is 13.2. The van der Waals surface area contributed by atoms with Crippen LogP contribution in [0.4, 0.5) is 14.5 Å². The molecule has 0 atom stereocenters. The second kappa shape index (κ2) is 6.82. The van der Waals surface area contributed by atoms with Crippen molar-refractivity contribution in [2.45, 2.75) is 17.2 Å². The van der Waals surface area contributed by atoms with Crippen LogP contribution >= 0.6 is 11.8 Å². The van der Waals surface area contributed by atoms with Gasteiger partial charge >= 0.3 is 6.29 Å². The fourth-order valence-electron chi connectivity index (χ4n) is 3.49. The molecule has 0 saturated carbocycles.